The summed E-state index contributed by atoms with van der Waals surface area (Å²) in [6, 6.07) is 11.8. The van der Waals surface area contributed by atoms with E-state index in [4.69, 9.17) is 0 Å². The van der Waals surface area contributed by atoms with E-state index < -0.39 is 17.6 Å². The third kappa shape index (κ3) is 3.66. The van der Waals surface area contributed by atoms with E-state index in [2.05, 4.69) is 20.7 Å². The highest BCUT2D eigenvalue weighted by molar-refractivity contribution is 6.05. The number of carbonyl (C=O) groups is 1. The van der Waals surface area contributed by atoms with Gasteiger partial charge in [-0.15, -0.1) is 5.10 Å². The van der Waals surface area contributed by atoms with Crippen LogP contribution in [0.2, 0.25) is 0 Å². The van der Waals surface area contributed by atoms with Crippen molar-refractivity contribution in [3.8, 4) is 11.4 Å². The molecule has 0 spiro atoms. The zero-order valence-corrected chi connectivity index (χ0v) is 15.6. The predicted octanol–water partition coefficient (Wildman–Crippen LogP) is 4.03. The molecule has 0 bridgehead atoms. The van der Waals surface area contributed by atoms with Crippen molar-refractivity contribution < 1.29 is 18.0 Å². The number of benzene rings is 2. The third-order valence-corrected chi connectivity index (χ3v) is 4.49. The maximum atomic E-state index is 13.0. The van der Waals surface area contributed by atoms with Gasteiger partial charge in [0, 0.05) is 0 Å². The summed E-state index contributed by atoms with van der Waals surface area (Å²) in [6.07, 6.45) is 0.00903. The van der Waals surface area contributed by atoms with E-state index in [1.54, 1.807) is 37.4 Å². The lowest BCUT2D eigenvalue weighted by Gasteiger charge is -2.11. The number of para-hydroxylation sites is 2. The van der Waals surface area contributed by atoms with Gasteiger partial charge in [0.2, 0.25) is 0 Å². The summed E-state index contributed by atoms with van der Waals surface area (Å²) in [4.78, 5) is 12.8. The van der Waals surface area contributed by atoms with E-state index in [1.165, 1.54) is 33.9 Å². The van der Waals surface area contributed by atoms with Crippen LogP contribution in [0.3, 0.4) is 0 Å². The number of nitrogens with one attached hydrogen (secondary N) is 1. The van der Waals surface area contributed by atoms with Crippen LogP contribution in [0.1, 0.15) is 21.6 Å². The molecule has 1 amide bonds. The Morgan fingerprint density at radius 3 is 2.63 bits per heavy atom. The molecule has 1 N–H and O–H groups in total. The van der Waals surface area contributed by atoms with E-state index in [-0.39, 0.29) is 11.3 Å². The Balaban J connectivity index is 1.64. The highest BCUT2D eigenvalue weighted by Crippen LogP contribution is 2.30. The van der Waals surface area contributed by atoms with Crippen molar-refractivity contribution in [3.05, 3.63) is 83.9 Å². The van der Waals surface area contributed by atoms with E-state index in [0.717, 1.165) is 12.1 Å². The molecule has 0 atom stereocenters. The SMILES string of the molecule is Cc1c(C(=O)Nc2ccccc2-n2ccnn2)cnn1-c1cccc(C(F)(F)F)c1. The third-order valence-electron chi connectivity index (χ3n) is 4.49. The summed E-state index contributed by atoms with van der Waals surface area (Å²) in [5.41, 5.74) is 1.18. The summed E-state index contributed by atoms with van der Waals surface area (Å²) in [7, 11) is 0. The Morgan fingerprint density at radius 1 is 1.10 bits per heavy atom. The molecule has 30 heavy (non-hydrogen) atoms. The first kappa shape index (κ1) is 19.4. The Kier molecular flexibility index (Phi) is 4.82. The van der Waals surface area contributed by atoms with Crippen molar-refractivity contribution >= 4 is 11.6 Å². The molecular formula is C20H15F3N6O. The maximum absolute atomic E-state index is 13.0. The molecule has 0 aliphatic rings. The minimum atomic E-state index is -4.47. The number of anilines is 1. The molecule has 2 heterocycles. The second kappa shape index (κ2) is 7.47. The number of nitrogens with zero attached hydrogens (tertiary/aromatic N) is 5. The van der Waals surface area contributed by atoms with Gasteiger partial charge in [0.25, 0.3) is 5.91 Å². The van der Waals surface area contributed by atoms with Crippen LogP contribution in [-0.2, 0) is 6.18 Å². The van der Waals surface area contributed by atoms with E-state index in [0.29, 0.717) is 17.1 Å². The number of aromatic nitrogens is 5. The highest BCUT2D eigenvalue weighted by Gasteiger charge is 2.30. The first-order valence-corrected chi connectivity index (χ1v) is 8.84. The molecule has 0 saturated carbocycles. The standard InChI is InChI=1S/C20H15F3N6O/c1-13-16(12-25-29(13)15-6-4-5-14(11-15)20(21,22)23)19(30)26-17-7-2-3-8-18(17)28-10-9-24-27-28/h2-12H,1H3,(H,26,30). The van der Waals surface area contributed by atoms with E-state index in [9.17, 15) is 18.0 Å². The zero-order valence-electron chi connectivity index (χ0n) is 15.6. The van der Waals surface area contributed by atoms with Gasteiger partial charge in [0.15, 0.2) is 0 Å². The van der Waals surface area contributed by atoms with Crippen LogP contribution < -0.4 is 5.32 Å². The van der Waals surface area contributed by atoms with E-state index in [1.807, 2.05) is 0 Å². The van der Waals surface area contributed by atoms with Crippen LogP contribution in [0.5, 0.6) is 0 Å². The number of hydrogen-bond donors (Lipinski definition) is 1. The first-order chi connectivity index (χ1) is 14.3. The Hall–Kier alpha value is -3.95. The number of carbonyl (C=O) groups excluding carboxylic acids is 1. The highest BCUT2D eigenvalue weighted by atomic mass is 19.4. The molecule has 10 heteroatoms. The fourth-order valence-corrected chi connectivity index (χ4v) is 3.01. The van der Waals surface area contributed by atoms with Crippen LogP contribution in [-0.4, -0.2) is 30.7 Å². The van der Waals surface area contributed by atoms with Crippen molar-refractivity contribution in [3.63, 3.8) is 0 Å². The zero-order chi connectivity index (χ0) is 21.3. The lowest BCUT2D eigenvalue weighted by atomic mass is 10.2. The van der Waals surface area contributed by atoms with Gasteiger partial charge in [-0.3, -0.25) is 4.79 Å². The monoisotopic (exact) mass is 412 g/mol. The first-order valence-electron chi connectivity index (χ1n) is 8.84. The molecule has 0 aliphatic heterocycles. The van der Waals surface area contributed by atoms with Crippen LogP contribution in [0.25, 0.3) is 11.4 Å². The van der Waals surface area contributed by atoms with Gasteiger partial charge in [0.1, 0.15) is 0 Å². The second-order valence-electron chi connectivity index (χ2n) is 6.42. The van der Waals surface area contributed by atoms with Crippen molar-refractivity contribution in [2.45, 2.75) is 13.1 Å². The Morgan fingerprint density at radius 2 is 1.90 bits per heavy atom. The molecule has 4 rings (SSSR count). The smallest absolute Gasteiger partial charge is 0.320 e. The number of rotatable bonds is 4. The van der Waals surface area contributed by atoms with Crippen LogP contribution in [0.15, 0.2) is 67.1 Å². The van der Waals surface area contributed by atoms with Crippen molar-refractivity contribution in [2.24, 2.45) is 0 Å². The summed E-state index contributed by atoms with van der Waals surface area (Å²) in [5, 5.41) is 14.6. The molecule has 2 aromatic carbocycles. The lowest BCUT2D eigenvalue weighted by Crippen LogP contribution is -2.15. The number of alkyl halides is 3. The number of hydrogen-bond acceptors (Lipinski definition) is 4. The van der Waals surface area contributed by atoms with Gasteiger partial charge >= 0.3 is 6.18 Å². The van der Waals surface area contributed by atoms with Gasteiger partial charge in [-0.05, 0) is 37.3 Å². The van der Waals surface area contributed by atoms with Crippen molar-refractivity contribution in [2.75, 3.05) is 5.32 Å². The molecule has 0 aliphatic carbocycles. The fraction of sp³-hybridized carbons (Fsp3) is 0.100. The second-order valence-corrected chi connectivity index (χ2v) is 6.42. The van der Waals surface area contributed by atoms with Crippen LogP contribution in [0.4, 0.5) is 18.9 Å². The largest absolute Gasteiger partial charge is 0.416 e. The maximum Gasteiger partial charge on any atom is 0.416 e. The van der Waals surface area contributed by atoms with Gasteiger partial charge in [-0.2, -0.15) is 18.3 Å². The predicted molar refractivity (Wildman–Crippen MR) is 103 cm³/mol. The lowest BCUT2D eigenvalue weighted by molar-refractivity contribution is -0.137. The van der Waals surface area contributed by atoms with Crippen LogP contribution in [0, 0.1) is 6.92 Å². The fourth-order valence-electron chi connectivity index (χ4n) is 3.01. The molecule has 7 nitrogen and oxygen atoms in total. The molecule has 0 radical (unpaired) electrons. The quantitative estimate of drug-likeness (QED) is 0.549. The molecule has 2 aromatic heterocycles. The van der Waals surface area contributed by atoms with Crippen molar-refractivity contribution in [1.29, 1.82) is 0 Å². The molecule has 152 valence electrons. The van der Waals surface area contributed by atoms with Gasteiger partial charge in [0.05, 0.1) is 52.5 Å². The summed E-state index contributed by atoms with van der Waals surface area (Å²) >= 11 is 0. The average molecular weight is 412 g/mol. The van der Waals surface area contributed by atoms with Crippen molar-refractivity contribution in [1.82, 2.24) is 24.8 Å². The Bertz CT molecular complexity index is 1200. The van der Waals surface area contributed by atoms with E-state index >= 15 is 0 Å². The summed E-state index contributed by atoms with van der Waals surface area (Å²) in [6.45, 7) is 1.62. The minimum absolute atomic E-state index is 0.212. The molecule has 0 unspecified atom stereocenters. The average Bonchev–Trinajstić information content (AvgIpc) is 3.38. The number of halogens is 3. The number of amides is 1. The summed E-state index contributed by atoms with van der Waals surface area (Å²) in [5.74, 6) is -0.446. The van der Waals surface area contributed by atoms with Gasteiger partial charge in [-0.1, -0.05) is 23.4 Å². The van der Waals surface area contributed by atoms with Gasteiger partial charge < -0.3 is 5.32 Å². The molecule has 0 fully saturated rings. The Labute approximate surface area is 168 Å². The molecule has 0 saturated heterocycles. The van der Waals surface area contributed by atoms with Gasteiger partial charge in [-0.25, -0.2) is 9.36 Å². The molecule has 4 aromatic rings. The van der Waals surface area contributed by atoms with Crippen LogP contribution >= 0.6 is 0 Å². The minimum Gasteiger partial charge on any atom is -0.320 e. The summed E-state index contributed by atoms with van der Waals surface area (Å²) < 4.78 is 41.8. The topological polar surface area (TPSA) is 77.6 Å². The normalized spacial score (nSPS) is 11.5. The molecular weight excluding hydrogens is 397 g/mol.